The molecule has 0 aromatic heterocycles. The molecule has 0 radical (unpaired) electrons. The van der Waals surface area contributed by atoms with Crippen LogP contribution in [0, 0.1) is 5.92 Å². The van der Waals surface area contributed by atoms with Crippen molar-refractivity contribution in [1.82, 2.24) is 0 Å². The van der Waals surface area contributed by atoms with Crippen LogP contribution in [0.2, 0.25) is 0 Å². The summed E-state index contributed by atoms with van der Waals surface area (Å²) in [4.78, 5) is 25.9. The Hall–Kier alpha value is -2.89. The standard InChI is InChI=1S/C25H29F3O8/c1-14-17(25(26,27)28)9-10-18(29)22-19(35-24(2,3)36-22)8-6-7-15-11-16(32-5)12-20(33-13-31-4)21(15)23(30)34-14/h6-7,9-12,14,17,19,22H,8,13H2,1-5H3/b7-6?,10-9-/t14?,17?,19-,22?/m0/s1. The van der Waals surface area contributed by atoms with Gasteiger partial charge in [-0.15, -0.1) is 0 Å². The number of hydrogen-bond acceptors (Lipinski definition) is 8. The molecule has 198 valence electrons. The summed E-state index contributed by atoms with van der Waals surface area (Å²) in [6.07, 6.45) is -3.43. The Balaban J connectivity index is 2.14. The van der Waals surface area contributed by atoms with E-state index in [4.69, 9.17) is 28.4 Å². The summed E-state index contributed by atoms with van der Waals surface area (Å²) in [5, 5.41) is 0. The van der Waals surface area contributed by atoms with E-state index in [-0.39, 0.29) is 30.1 Å². The van der Waals surface area contributed by atoms with Crippen molar-refractivity contribution in [3.8, 4) is 11.5 Å². The quantitative estimate of drug-likeness (QED) is 0.430. The van der Waals surface area contributed by atoms with E-state index in [2.05, 4.69) is 0 Å². The van der Waals surface area contributed by atoms with E-state index >= 15 is 0 Å². The molecule has 1 aromatic carbocycles. The van der Waals surface area contributed by atoms with Crippen molar-refractivity contribution < 1.29 is 51.2 Å². The van der Waals surface area contributed by atoms with Crippen LogP contribution in [0.3, 0.4) is 0 Å². The van der Waals surface area contributed by atoms with E-state index < -0.39 is 47.9 Å². The van der Waals surface area contributed by atoms with Gasteiger partial charge < -0.3 is 28.4 Å². The summed E-state index contributed by atoms with van der Waals surface area (Å²) >= 11 is 0. The lowest BCUT2D eigenvalue weighted by molar-refractivity contribution is -0.182. The highest BCUT2D eigenvalue weighted by Crippen LogP contribution is 2.36. The Kier molecular flexibility index (Phi) is 8.48. The SMILES string of the molecule is COCOc1cc(OC)cc2c1C(=O)OC(C)C(C(F)(F)F)/C=C\C(=O)C1OC(C)(C)O[C@H]1CC=C2. The molecule has 8 nitrogen and oxygen atoms in total. The number of benzene rings is 1. The molecule has 0 amide bonds. The fraction of sp³-hybridized carbons (Fsp3) is 0.520. The van der Waals surface area contributed by atoms with Gasteiger partial charge in [-0.05, 0) is 44.9 Å². The van der Waals surface area contributed by atoms with Crippen LogP contribution in [0.1, 0.15) is 43.1 Å². The van der Waals surface area contributed by atoms with Gasteiger partial charge in [-0.1, -0.05) is 18.2 Å². The lowest BCUT2D eigenvalue weighted by Crippen LogP contribution is -2.35. The predicted molar refractivity (Wildman–Crippen MR) is 122 cm³/mol. The third kappa shape index (κ3) is 6.45. The second kappa shape index (κ2) is 11.0. The maximum absolute atomic E-state index is 13.9. The molecule has 0 bridgehead atoms. The summed E-state index contributed by atoms with van der Waals surface area (Å²) in [7, 11) is 2.79. The molecule has 2 aliphatic rings. The van der Waals surface area contributed by atoms with Crippen LogP contribution >= 0.6 is 0 Å². The van der Waals surface area contributed by atoms with Crippen molar-refractivity contribution in [3.05, 3.63) is 41.5 Å². The van der Waals surface area contributed by atoms with Crippen molar-refractivity contribution in [2.45, 2.75) is 57.5 Å². The zero-order valence-corrected chi connectivity index (χ0v) is 20.6. The maximum atomic E-state index is 13.9. The molecule has 1 saturated heterocycles. The van der Waals surface area contributed by atoms with E-state index in [0.717, 1.165) is 13.0 Å². The molecule has 3 rings (SSSR count). The molecule has 3 unspecified atom stereocenters. The molecule has 36 heavy (non-hydrogen) atoms. The number of carbonyl (C=O) groups excluding carboxylic acids is 2. The van der Waals surface area contributed by atoms with Gasteiger partial charge in [-0.2, -0.15) is 13.2 Å². The molecular formula is C25H29F3O8. The van der Waals surface area contributed by atoms with Crippen LogP contribution < -0.4 is 9.47 Å². The highest BCUT2D eigenvalue weighted by Gasteiger charge is 2.46. The largest absolute Gasteiger partial charge is 0.497 e. The fourth-order valence-corrected chi connectivity index (χ4v) is 4.02. The molecule has 0 aliphatic carbocycles. The van der Waals surface area contributed by atoms with Crippen molar-refractivity contribution in [2.24, 2.45) is 5.92 Å². The minimum absolute atomic E-state index is 0.00822. The van der Waals surface area contributed by atoms with Gasteiger partial charge in [0.2, 0.25) is 0 Å². The Morgan fingerprint density at radius 1 is 1.11 bits per heavy atom. The highest BCUT2D eigenvalue weighted by molar-refractivity contribution is 5.97. The summed E-state index contributed by atoms with van der Waals surface area (Å²) in [5.74, 6) is -4.74. The number of alkyl halides is 3. The van der Waals surface area contributed by atoms with Gasteiger partial charge in [0.1, 0.15) is 35.2 Å². The molecule has 0 spiro atoms. The van der Waals surface area contributed by atoms with Crippen molar-refractivity contribution in [1.29, 1.82) is 0 Å². The highest BCUT2D eigenvalue weighted by atomic mass is 19.4. The van der Waals surface area contributed by atoms with Crippen molar-refractivity contribution in [3.63, 3.8) is 0 Å². The summed E-state index contributed by atoms with van der Waals surface area (Å²) in [5.41, 5.74) is 0.171. The molecule has 4 atom stereocenters. The lowest BCUT2D eigenvalue weighted by Gasteiger charge is -2.25. The zero-order valence-electron chi connectivity index (χ0n) is 20.6. The average molecular weight is 514 g/mol. The van der Waals surface area contributed by atoms with Gasteiger partial charge in [0.05, 0.1) is 13.2 Å². The number of esters is 1. The minimum Gasteiger partial charge on any atom is -0.497 e. The van der Waals surface area contributed by atoms with Crippen molar-refractivity contribution >= 4 is 17.8 Å². The number of carbonyl (C=O) groups is 2. The normalized spacial score (nSPS) is 27.4. The second-order valence-corrected chi connectivity index (χ2v) is 8.81. The average Bonchev–Trinajstić information content (AvgIpc) is 3.10. The Morgan fingerprint density at radius 2 is 1.83 bits per heavy atom. The van der Waals surface area contributed by atoms with Crippen LogP contribution in [0.25, 0.3) is 6.08 Å². The van der Waals surface area contributed by atoms with Crippen LogP contribution in [0.4, 0.5) is 13.2 Å². The number of rotatable bonds is 4. The van der Waals surface area contributed by atoms with Crippen LogP contribution in [0.15, 0.2) is 30.4 Å². The monoisotopic (exact) mass is 514 g/mol. The summed E-state index contributed by atoms with van der Waals surface area (Å²) in [6, 6.07) is 2.93. The van der Waals surface area contributed by atoms with Crippen molar-refractivity contribution in [2.75, 3.05) is 21.0 Å². The third-order valence-electron chi connectivity index (χ3n) is 5.65. The van der Waals surface area contributed by atoms with E-state index in [1.165, 1.54) is 26.4 Å². The molecule has 2 heterocycles. The van der Waals surface area contributed by atoms with E-state index in [0.29, 0.717) is 11.8 Å². The lowest BCUT2D eigenvalue weighted by atomic mass is 9.98. The van der Waals surface area contributed by atoms with Gasteiger partial charge in [0, 0.05) is 13.2 Å². The molecule has 1 fully saturated rings. The fourth-order valence-electron chi connectivity index (χ4n) is 4.02. The van der Waals surface area contributed by atoms with Crippen LogP contribution in [-0.2, 0) is 23.7 Å². The van der Waals surface area contributed by atoms with E-state index in [1.54, 1.807) is 26.0 Å². The first-order chi connectivity index (χ1) is 16.9. The smallest absolute Gasteiger partial charge is 0.398 e. The topological polar surface area (TPSA) is 89.5 Å². The van der Waals surface area contributed by atoms with Gasteiger partial charge in [-0.3, -0.25) is 4.79 Å². The molecule has 2 aliphatic heterocycles. The van der Waals surface area contributed by atoms with Gasteiger partial charge in [0.25, 0.3) is 0 Å². The molecule has 11 heteroatoms. The number of hydrogen-bond donors (Lipinski definition) is 0. The number of fused-ring (bicyclic) bond motifs is 2. The van der Waals surface area contributed by atoms with Gasteiger partial charge in [0.15, 0.2) is 18.4 Å². The predicted octanol–water partition coefficient (Wildman–Crippen LogP) is 4.46. The molecule has 0 saturated carbocycles. The zero-order chi connectivity index (χ0) is 26.7. The number of methoxy groups -OCH3 is 2. The Morgan fingerprint density at radius 3 is 2.47 bits per heavy atom. The number of ether oxygens (including phenoxy) is 6. The first-order valence-electron chi connectivity index (χ1n) is 11.2. The molecular weight excluding hydrogens is 485 g/mol. The van der Waals surface area contributed by atoms with Crippen LogP contribution in [0.5, 0.6) is 11.5 Å². The number of cyclic esters (lactones) is 1. The van der Waals surface area contributed by atoms with Gasteiger partial charge in [-0.25, -0.2) is 4.79 Å². The Bertz CT molecular complexity index is 1030. The first kappa shape index (κ1) is 27.7. The molecule has 0 N–H and O–H groups in total. The van der Waals surface area contributed by atoms with E-state index in [9.17, 15) is 22.8 Å². The Labute approximate surface area is 206 Å². The third-order valence-corrected chi connectivity index (χ3v) is 5.65. The molecule has 1 aromatic rings. The summed E-state index contributed by atoms with van der Waals surface area (Å²) < 4.78 is 74.1. The maximum Gasteiger partial charge on any atom is 0.398 e. The van der Waals surface area contributed by atoms with Gasteiger partial charge >= 0.3 is 12.1 Å². The van der Waals surface area contributed by atoms with Crippen LogP contribution in [-0.4, -0.2) is 63.0 Å². The first-order valence-corrected chi connectivity index (χ1v) is 11.2. The second-order valence-electron chi connectivity index (χ2n) is 8.81. The van der Waals surface area contributed by atoms with E-state index in [1.807, 2.05) is 0 Å². The minimum atomic E-state index is -4.79. The number of ketones is 1. The number of halogens is 3. The summed E-state index contributed by atoms with van der Waals surface area (Å²) in [6.45, 7) is 4.10.